The van der Waals surface area contributed by atoms with Crippen LogP contribution in [0.15, 0.2) is 18.2 Å². The molecule has 0 aliphatic carbocycles. The third-order valence-corrected chi connectivity index (χ3v) is 6.30. The minimum absolute atomic E-state index is 0.0436. The maximum absolute atomic E-state index is 13.2. The Morgan fingerprint density at radius 2 is 1.97 bits per heavy atom. The number of benzene rings is 1. The van der Waals surface area contributed by atoms with Gasteiger partial charge in [0, 0.05) is 28.4 Å². The molecule has 0 saturated carbocycles. The zero-order valence-corrected chi connectivity index (χ0v) is 21.1. The number of H-pyrrole nitrogens is 1. The van der Waals surface area contributed by atoms with Crippen LogP contribution in [0.5, 0.6) is 0 Å². The van der Waals surface area contributed by atoms with Crippen molar-refractivity contribution in [2.45, 2.75) is 58.5 Å². The predicted molar refractivity (Wildman–Crippen MR) is 135 cm³/mol. The average molecular weight is 505 g/mol. The van der Waals surface area contributed by atoms with Crippen molar-refractivity contribution in [1.29, 1.82) is 0 Å². The van der Waals surface area contributed by atoms with E-state index in [1.54, 1.807) is 18.2 Å². The van der Waals surface area contributed by atoms with Gasteiger partial charge in [0.1, 0.15) is 11.7 Å². The van der Waals surface area contributed by atoms with Crippen molar-refractivity contribution in [3.63, 3.8) is 0 Å². The Labute approximate surface area is 209 Å². The highest BCUT2D eigenvalue weighted by Crippen LogP contribution is 2.29. The van der Waals surface area contributed by atoms with E-state index in [9.17, 15) is 14.4 Å². The molecule has 1 fully saturated rings. The lowest BCUT2D eigenvalue weighted by molar-refractivity contribution is -0.128. The standard InChI is InChI=1S/C25H30Cl2N4O3/c1-5-16(9-14-7-6-8-28-22(14)32)29-24(34)21(13-25(2,3)4)31-23(33)20-12-17-18(27)10-15(26)11-19(17)30-20/h1,10-12,14,16,21,30H,6-9,13H2,2-4H3,(H,28,32)(H,29,34)(H,31,33)/t14-,16+,21-/m0/s1. The van der Waals surface area contributed by atoms with E-state index in [1.807, 2.05) is 20.8 Å². The maximum atomic E-state index is 13.2. The summed E-state index contributed by atoms with van der Waals surface area (Å²) in [6, 6.07) is 3.46. The molecule has 182 valence electrons. The molecule has 1 aromatic heterocycles. The van der Waals surface area contributed by atoms with Gasteiger partial charge in [-0.3, -0.25) is 14.4 Å². The topological polar surface area (TPSA) is 103 Å². The summed E-state index contributed by atoms with van der Waals surface area (Å²) in [5.41, 5.74) is 0.637. The summed E-state index contributed by atoms with van der Waals surface area (Å²) in [7, 11) is 0. The first kappa shape index (κ1) is 25.9. The average Bonchev–Trinajstić information content (AvgIpc) is 3.18. The van der Waals surface area contributed by atoms with E-state index in [4.69, 9.17) is 29.6 Å². The first-order valence-electron chi connectivity index (χ1n) is 11.3. The Kier molecular flexibility index (Phi) is 8.17. The highest BCUT2D eigenvalue weighted by atomic mass is 35.5. The number of nitrogens with one attached hydrogen (secondary N) is 4. The third kappa shape index (κ3) is 6.68. The van der Waals surface area contributed by atoms with Crippen LogP contribution in [0, 0.1) is 23.7 Å². The zero-order chi connectivity index (χ0) is 25.0. The number of fused-ring (bicyclic) bond motifs is 1. The van der Waals surface area contributed by atoms with Gasteiger partial charge in [-0.05, 0) is 49.3 Å². The highest BCUT2D eigenvalue weighted by Gasteiger charge is 2.30. The van der Waals surface area contributed by atoms with Gasteiger partial charge in [-0.25, -0.2) is 0 Å². The SMILES string of the molecule is C#C[C@H](C[C@@H]1CCCNC1=O)NC(=O)[C@H](CC(C)(C)C)NC(=O)c1cc2c(Cl)cc(Cl)cc2[nH]1. The molecule has 7 nitrogen and oxygen atoms in total. The quantitative estimate of drug-likeness (QED) is 0.427. The van der Waals surface area contributed by atoms with Crippen molar-refractivity contribution in [1.82, 2.24) is 20.9 Å². The van der Waals surface area contributed by atoms with Gasteiger partial charge >= 0.3 is 0 Å². The van der Waals surface area contributed by atoms with E-state index < -0.39 is 18.0 Å². The number of piperidine rings is 1. The number of rotatable bonds is 7. The highest BCUT2D eigenvalue weighted by molar-refractivity contribution is 6.38. The van der Waals surface area contributed by atoms with Crippen LogP contribution < -0.4 is 16.0 Å². The van der Waals surface area contributed by atoms with Gasteiger partial charge in [0.2, 0.25) is 11.8 Å². The van der Waals surface area contributed by atoms with Crippen LogP contribution in [0.25, 0.3) is 10.9 Å². The van der Waals surface area contributed by atoms with Gasteiger partial charge in [-0.2, -0.15) is 0 Å². The minimum atomic E-state index is -0.825. The molecule has 34 heavy (non-hydrogen) atoms. The maximum Gasteiger partial charge on any atom is 0.268 e. The lowest BCUT2D eigenvalue weighted by Gasteiger charge is -2.28. The Hall–Kier alpha value is -2.69. The van der Waals surface area contributed by atoms with Gasteiger partial charge in [-0.1, -0.05) is 49.9 Å². The van der Waals surface area contributed by atoms with E-state index in [0.717, 1.165) is 12.8 Å². The van der Waals surface area contributed by atoms with Crippen LogP contribution in [0.2, 0.25) is 10.0 Å². The number of aromatic amines is 1. The summed E-state index contributed by atoms with van der Waals surface area (Å²) >= 11 is 12.3. The summed E-state index contributed by atoms with van der Waals surface area (Å²) in [5.74, 6) is 1.45. The Balaban J connectivity index is 1.74. The smallest absolute Gasteiger partial charge is 0.268 e. The molecule has 3 atom stereocenters. The molecule has 2 heterocycles. The number of hydrogen-bond acceptors (Lipinski definition) is 3. The number of hydrogen-bond donors (Lipinski definition) is 4. The fourth-order valence-electron chi connectivity index (χ4n) is 4.13. The molecule has 2 aromatic rings. The lowest BCUT2D eigenvalue weighted by Crippen LogP contribution is -2.51. The summed E-state index contributed by atoms with van der Waals surface area (Å²) in [6.45, 7) is 6.60. The number of carbonyl (C=O) groups is 3. The monoisotopic (exact) mass is 504 g/mol. The van der Waals surface area contributed by atoms with E-state index in [0.29, 0.717) is 40.3 Å². The normalized spacial score (nSPS) is 18.0. The van der Waals surface area contributed by atoms with E-state index in [-0.39, 0.29) is 28.8 Å². The van der Waals surface area contributed by atoms with Crippen LogP contribution >= 0.6 is 23.2 Å². The molecular weight excluding hydrogens is 475 g/mol. The molecule has 0 radical (unpaired) electrons. The van der Waals surface area contributed by atoms with Crippen molar-refractivity contribution in [2.24, 2.45) is 11.3 Å². The van der Waals surface area contributed by atoms with Crippen LogP contribution in [0.1, 0.15) is 56.9 Å². The molecule has 3 rings (SSSR count). The number of halogens is 2. The molecule has 0 spiro atoms. The Morgan fingerprint density at radius 1 is 1.24 bits per heavy atom. The fourth-order valence-corrected chi connectivity index (χ4v) is 4.67. The molecule has 1 saturated heterocycles. The fraction of sp³-hybridized carbons (Fsp3) is 0.480. The van der Waals surface area contributed by atoms with Gasteiger partial charge in [0.25, 0.3) is 5.91 Å². The molecule has 3 amide bonds. The number of terminal acetylenes is 1. The van der Waals surface area contributed by atoms with Crippen molar-refractivity contribution in [3.8, 4) is 12.3 Å². The largest absolute Gasteiger partial charge is 0.356 e. The summed E-state index contributed by atoms with van der Waals surface area (Å²) in [6.07, 6.45) is 8.01. The number of carbonyl (C=O) groups excluding carboxylic acids is 3. The van der Waals surface area contributed by atoms with Crippen LogP contribution in [0.3, 0.4) is 0 Å². The van der Waals surface area contributed by atoms with Crippen molar-refractivity contribution >= 4 is 51.8 Å². The predicted octanol–water partition coefficient (Wildman–Crippen LogP) is 4.04. The Bertz CT molecular complexity index is 1130. The van der Waals surface area contributed by atoms with E-state index >= 15 is 0 Å². The molecule has 0 bridgehead atoms. The second-order valence-corrected chi connectivity index (χ2v) is 10.8. The zero-order valence-electron chi connectivity index (χ0n) is 19.6. The second-order valence-electron chi connectivity index (χ2n) is 9.92. The summed E-state index contributed by atoms with van der Waals surface area (Å²) < 4.78 is 0. The summed E-state index contributed by atoms with van der Waals surface area (Å²) in [5, 5.41) is 10.0. The lowest BCUT2D eigenvalue weighted by atomic mass is 9.87. The van der Waals surface area contributed by atoms with Crippen LogP contribution in [-0.4, -0.2) is 41.3 Å². The molecule has 9 heteroatoms. The van der Waals surface area contributed by atoms with Gasteiger partial charge in [0.05, 0.1) is 11.1 Å². The molecule has 0 unspecified atom stereocenters. The number of aromatic nitrogens is 1. The second kappa shape index (κ2) is 10.7. The van der Waals surface area contributed by atoms with Crippen molar-refractivity contribution < 1.29 is 14.4 Å². The Morgan fingerprint density at radius 3 is 2.62 bits per heavy atom. The summed E-state index contributed by atoms with van der Waals surface area (Å²) in [4.78, 5) is 41.3. The van der Waals surface area contributed by atoms with Crippen LogP contribution in [0.4, 0.5) is 0 Å². The molecule has 1 aliphatic rings. The van der Waals surface area contributed by atoms with E-state index in [2.05, 4.69) is 26.9 Å². The van der Waals surface area contributed by atoms with E-state index in [1.165, 1.54) is 0 Å². The molecule has 4 N–H and O–H groups in total. The van der Waals surface area contributed by atoms with Gasteiger partial charge < -0.3 is 20.9 Å². The van der Waals surface area contributed by atoms with Crippen molar-refractivity contribution in [3.05, 3.63) is 33.9 Å². The first-order chi connectivity index (χ1) is 16.0. The molecular formula is C25H30Cl2N4O3. The van der Waals surface area contributed by atoms with Gasteiger partial charge in [-0.15, -0.1) is 6.42 Å². The van der Waals surface area contributed by atoms with Gasteiger partial charge in [0.15, 0.2) is 0 Å². The minimum Gasteiger partial charge on any atom is -0.356 e. The molecule has 1 aliphatic heterocycles. The number of amides is 3. The van der Waals surface area contributed by atoms with Crippen LogP contribution in [-0.2, 0) is 9.59 Å². The third-order valence-electron chi connectivity index (χ3n) is 5.77. The molecule has 1 aromatic carbocycles. The first-order valence-corrected chi connectivity index (χ1v) is 12.1. The van der Waals surface area contributed by atoms with Crippen molar-refractivity contribution in [2.75, 3.05) is 6.54 Å².